The van der Waals surface area contributed by atoms with Crippen LogP contribution < -0.4 is 5.73 Å². The summed E-state index contributed by atoms with van der Waals surface area (Å²) in [5.74, 6) is -0.367. The molecule has 0 aliphatic carbocycles. The van der Waals surface area contributed by atoms with Crippen LogP contribution in [0.25, 0.3) is 0 Å². The van der Waals surface area contributed by atoms with Crippen molar-refractivity contribution in [1.29, 1.82) is 0 Å². The SMILES string of the molecule is CCCCC/C=C/C/C=C/CCCCCCCC(=O)OC(CO/C=C/CCCCCCCCCCCCCC)COP(=O)(O)OCCN. The molecule has 8 nitrogen and oxygen atoms in total. The number of ether oxygens (including phenoxy) is 2. The Morgan fingerprint density at radius 1 is 0.646 bits per heavy atom. The fraction of sp³-hybridized carbons (Fsp3) is 0.821. The van der Waals surface area contributed by atoms with Crippen molar-refractivity contribution >= 4 is 13.8 Å². The number of phosphoric acid groups is 1. The lowest BCUT2D eigenvalue weighted by molar-refractivity contribution is -0.153. The lowest BCUT2D eigenvalue weighted by Gasteiger charge is -2.19. The first-order chi connectivity index (χ1) is 23.4. The Labute approximate surface area is 295 Å². The molecule has 0 bridgehead atoms. The number of carbonyl (C=O) groups is 1. The molecule has 0 fully saturated rings. The van der Waals surface area contributed by atoms with Gasteiger partial charge in [-0.15, -0.1) is 0 Å². The van der Waals surface area contributed by atoms with Gasteiger partial charge in [0.1, 0.15) is 6.61 Å². The van der Waals surface area contributed by atoms with Crippen LogP contribution in [0.15, 0.2) is 36.6 Å². The van der Waals surface area contributed by atoms with Crippen LogP contribution in [0, 0.1) is 0 Å². The first-order valence-corrected chi connectivity index (χ1v) is 21.0. The summed E-state index contributed by atoms with van der Waals surface area (Å²) in [6, 6.07) is 0. The van der Waals surface area contributed by atoms with Gasteiger partial charge < -0.3 is 20.1 Å². The van der Waals surface area contributed by atoms with E-state index in [0.29, 0.717) is 0 Å². The van der Waals surface area contributed by atoms with E-state index in [0.717, 1.165) is 57.8 Å². The van der Waals surface area contributed by atoms with Gasteiger partial charge in [0, 0.05) is 13.0 Å². The number of nitrogens with two attached hydrogens (primary N) is 1. The van der Waals surface area contributed by atoms with E-state index in [4.69, 9.17) is 24.3 Å². The number of unbranched alkanes of at least 4 members (excludes halogenated alkanes) is 20. The average Bonchev–Trinajstić information content (AvgIpc) is 3.07. The van der Waals surface area contributed by atoms with Gasteiger partial charge in [0.25, 0.3) is 0 Å². The standard InChI is InChI=1S/C39H74NO7P/c1-3-5-7-9-11-13-15-17-19-20-22-24-26-28-30-32-39(41)47-38(37-46-48(42,43)45-35-33-40)36-44-34-31-29-27-25-23-21-18-16-14-12-10-8-6-4-2/h11,13,17,19,31,34,38H,3-10,12,14-16,18,20-30,32-33,35-37,40H2,1-2H3,(H,42,43)/b13-11+,19-17+,34-31+. The molecule has 0 amide bonds. The molecule has 0 heterocycles. The highest BCUT2D eigenvalue weighted by molar-refractivity contribution is 7.47. The summed E-state index contributed by atoms with van der Waals surface area (Å²) in [6.07, 6.45) is 41.0. The van der Waals surface area contributed by atoms with Gasteiger partial charge in [0.2, 0.25) is 0 Å². The third-order valence-electron chi connectivity index (χ3n) is 8.12. The highest BCUT2D eigenvalue weighted by atomic mass is 31.2. The van der Waals surface area contributed by atoms with Gasteiger partial charge >= 0.3 is 13.8 Å². The maximum absolute atomic E-state index is 12.5. The van der Waals surface area contributed by atoms with Gasteiger partial charge in [-0.1, -0.05) is 141 Å². The number of allylic oxidation sites excluding steroid dienone is 5. The van der Waals surface area contributed by atoms with E-state index >= 15 is 0 Å². The molecule has 0 spiro atoms. The molecule has 0 aliphatic rings. The smallest absolute Gasteiger partial charge is 0.472 e. The van der Waals surface area contributed by atoms with Crippen molar-refractivity contribution in [2.45, 2.75) is 180 Å². The number of hydrogen-bond donors (Lipinski definition) is 2. The minimum atomic E-state index is -4.29. The topological polar surface area (TPSA) is 117 Å². The van der Waals surface area contributed by atoms with E-state index in [-0.39, 0.29) is 38.8 Å². The number of esters is 1. The molecule has 0 aromatic carbocycles. The number of rotatable bonds is 37. The molecule has 48 heavy (non-hydrogen) atoms. The van der Waals surface area contributed by atoms with Crippen molar-refractivity contribution in [2.75, 3.05) is 26.4 Å². The zero-order valence-corrected chi connectivity index (χ0v) is 31.9. The van der Waals surface area contributed by atoms with Crippen LogP contribution in [0.2, 0.25) is 0 Å². The van der Waals surface area contributed by atoms with E-state index in [1.807, 2.05) is 6.08 Å². The van der Waals surface area contributed by atoms with E-state index in [1.165, 1.54) is 96.3 Å². The Kier molecular flexibility index (Phi) is 35.7. The molecular formula is C39H74NO7P. The predicted molar refractivity (Wildman–Crippen MR) is 201 cm³/mol. The normalized spacial score (nSPS) is 13.9. The second kappa shape index (κ2) is 36.8. The Morgan fingerprint density at radius 3 is 1.69 bits per heavy atom. The van der Waals surface area contributed by atoms with Crippen molar-refractivity contribution < 1.29 is 32.8 Å². The van der Waals surface area contributed by atoms with Crippen LogP contribution in [0.4, 0.5) is 0 Å². The second-order valence-electron chi connectivity index (χ2n) is 12.9. The predicted octanol–water partition coefficient (Wildman–Crippen LogP) is 11.4. The zero-order chi connectivity index (χ0) is 35.2. The van der Waals surface area contributed by atoms with Gasteiger partial charge in [0.15, 0.2) is 6.10 Å². The van der Waals surface area contributed by atoms with E-state index in [1.54, 1.807) is 6.26 Å². The van der Waals surface area contributed by atoms with Gasteiger partial charge in [-0.2, -0.15) is 0 Å². The quantitative estimate of drug-likeness (QED) is 0.0216. The lowest BCUT2D eigenvalue weighted by atomic mass is 10.0. The molecule has 2 unspecified atom stereocenters. The summed E-state index contributed by atoms with van der Waals surface area (Å²) >= 11 is 0. The van der Waals surface area contributed by atoms with E-state index < -0.39 is 13.9 Å². The number of phosphoric ester groups is 1. The van der Waals surface area contributed by atoms with Gasteiger partial charge in [-0.05, 0) is 57.4 Å². The molecule has 0 radical (unpaired) electrons. The summed E-state index contributed by atoms with van der Waals surface area (Å²) in [5, 5.41) is 0. The molecule has 0 aromatic rings. The zero-order valence-electron chi connectivity index (χ0n) is 31.0. The summed E-state index contributed by atoms with van der Waals surface area (Å²) < 4.78 is 33.1. The van der Waals surface area contributed by atoms with Crippen molar-refractivity contribution in [2.24, 2.45) is 5.73 Å². The Bertz CT molecular complexity index is 833. The second-order valence-corrected chi connectivity index (χ2v) is 14.3. The Morgan fingerprint density at radius 2 is 1.12 bits per heavy atom. The Hall–Kier alpha value is -1.44. The molecule has 3 N–H and O–H groups in total. The first kappa shape index (κ1) is 46.6. The monoisotopic (exact) mass is 700 g/mol. The molecule has 0 saturated heterocycles. The summed E-state index contributed by atoms with van der Waals surface area (Å²) in [7, 11) is -4.29. The molecule has 282 valence electrons. The highest BCUT2D eigenvalue weighted by Gasteiger charge is 2.25. The summed E-state index contributed by atoms with van der Waals surface area (Å²) in [6.45, 7) is 4.19. The first-order valence-electron chi connectivity index (χ1n) is 19.5. The lowest BCUT2D eigenvalue weighted by Crippen LogP contribution is -2.27. The van der Waals surface area contributed by atoms with Crippen molar-refractivity contribution in [1.82, 2.24) is 0 Å². The van der Waals surface area contributed by atoms with Gasteiger partial charge in [0.05, 0.1) is 19.5 Å². The molecular weight excluding hydrogens is 625 g/mol. The molecule has 9 heteroatoms. The van der Waals surface area contributed by atoms with Crippen molar-refractivity contribution in [3.05, 3.63) is 36.6 Å². The third-order valence-corrected chi connectivity index (χ3v) is 9.11. The van der Waals surface area contributed by atoms with E-state index in [9.17, 15) is 14.3 Å². The minimum Gasteiger partial charge on any atom is -0.498 e. The molecule has 0 aliphatic heterocycles. The van der Waals surface area contributed by atoms with Crippen molar-refractivity contribution in [3.63, 3.8) is 0 Å². The fourth-order valence-corrected chi connectivity index (χ4v) is 5.99. The van der Waals surface area contributed by atoms with Crippen LogP contribution in [-0.4, -0.2) is 43.3 Å². The van der Waals surface area contributed by atoms with Crippen LogP contribution in [0.5, 0.6) is 0 Å². The Balaban J connectivity index is 4.16. The third kappa shape index (κ3) is 35.9. The largest absolute Gasteiger partial charge is 0.498 e. The van der Waals surface area contributed by atoms with Gasteiger partial charge in [-0.3, -0.25) is 13.8 Å². The molecule has 0 rings (SSSR count). The van der Waals surface area contributed by atoms with Crippen molar-refractivity contribution in [3.8, 4) is 0 Å². The molecule has 0 saturated carbocycles. The maximum atomic E-state index is 12.5. The fourth-order valence-electron chi connectivity index (χ4n) is 5.23. The summed E-state index contributed by atoms with van der Waals surface area (Å²) in [4.78, 5) is 22.4. The summed E-state index contributed by atoms with van der Waals surface area (Å²) in [5.41, 5.74) is 5.35. The molecule has 0 aromatic heterocycles. The number of hydrogen-bond acceptors (Lipinski definition) is 7. The molecule has 2 atom stereocenters. The average molecular weight is 700 g/mol. The van der Waals surface area contributed by atoms with Crippen LogP contribution in [0.3, 0.4) is 0 Å². The highest BCUT2D eigenvalue weighted by Crippen LogP contribution is 2.43. The maximum Gasteiger partial charge on any atom is 0.472 e. The number of carbonyl (C=O) groups excluding carboxylic acids is 1. The van der Waals surface area contributed by atoms with Crippen LogP contribution in [-0.2, 0) is 27.9 Å². The van der Waals surface area contributed by atoms with Crippen LogP contribution in [0.1, 0.15) is 174 Å². The van der Waals surface area contributed by atoms with Crippen LogP contribution >= 0.6 is 7.82 Å². The van der Waals surface area contributed by atoms with E-state index in [2.05, 4.69) is 38.2 Å². The van der Waals surface area contributed by atoms with Gasteiger partial charge in [-0.25, -0.2) is 4.57 Å². The minimum absolute atomic E-state index is 0.0275.